The first-order valence-corrected chi connectivity index (χ1v) is 14.0. The van der Waals surface area contributed by atoms with Gasteiger partial charge in [-0.15, -0.1) is 5.10 Å². The van der Waals surface area contributed by atoms with Crippen LogP contribution in [0.2, 0.25) is 5.02 Å². The maximum Gasteiger partial charge on any atom is 0.338 e. The number of aromatic nitrogens is 3. The van der Waals surface area contributed by atoms with E-state index in [0.29, 0.717) is 46.4 Å². The molecule has 2 aromatic carbocycles. The first kappa shape index (κ1) is 26.6. The Kier molecular flexibility index (Phi) is 8.98. The average molecular weight is 592 g/mol. The van der Waals surface area contributed by atoms with Crippen molar-refractivity contribution in [2.24, 2.45) is 0 Å². The van der Waals surface area contributed by atoms with E-state index in [2.05, 4.69) is 33.2 Å². The molecule has 1 aliphatic heterocycles. The number of carbonyl (C=O) groups excluding carboxylic acids is 1. The summed E-state index contributed by atoms with van der Waals surface area (Å²) >= 11 is 11.2. The summed E-state index contributed by atoms with van der Waals surface area (Å²) in [6, 6.07) is 12.7. The minimum atomic E-state index is -0.577. The van der Waals surface area contributed by atoms with Gasteiger partial charge in [-0.25, -0.2) is 9.48 Å². The third kappa shape index (κ3) is 6.07. The summed E-state index contributed by atoms with van der Waals surface area (Å²) in [7, 11) is 0. The molecule has 0 radical (unpaired) electrons. The molecule has 0 amide bonds. The summed E-state index contributed by atoms with van der Waals surface area (Å²) in [5.74, 6) is 1.72. The van der Waals surface area contributed by atoms with Crippen LogP contribution in [0.1, 0.15) is 50.8 Å². The summed E-state index contributed by atoms with van der Waals surface area (Å²) in [6.45, 7) is 6.62. The molecule has 4 rings (SSSR count). The van der Waals surface area contributed by atoms with Gasteiger partial charge in [-0.1, -0.05) is 65.3 Å². The Hall–Kier alpha value is -2.49. The minimum absolute atomic E-state index is 0.336. The average Bonchev–Trinajstić information content (AvgIpc) is 3.27. The summed E-state index contributed by atoms with van der Waals surface area (Å²) in [4.78, 5) is 18.0. The summed E-state index contributed by atoms with van der Waals surface area (Å²) in [5.41, 5.74) is 2.91. The zero-order valence-electron chi connectivity index (χ0n) is 20.4. The standard InChI is InChI=1S/C26H28BrClN4O3S/c1-4-12-34-24(33)22-16(3)29-25-30-26(36-13-5-2)31-32(25)23(22)20-14-18(27)8-11-21(20)35-15-17-6-9-19(28)10-7-17/h6-11,14,23H,4-5,12-13,15H2,1-3H3,(H,29,30,31). The number of rotatable bonds is 10. The number of carbonyl (C=O) groups is 1. The maximum absolute atomic E-state index is 13.3. The third-order valence-electron chi connectivity index (χ3n) is 5.50. The Morgan fingerprint density at radius 2 is 1.97 bits per heavy atom. The summed E-state index contributed by atoms with van der Waals surface area (Å²) in [5, 5.41) is 9.34. The molecule has 0 bridgehead atoms. The van der Waals surface area contributed by atoms with Crippen molar-refractivity contribution in [3.05, 3.63) is 74.4 Å². The van der Waals surface area contributed by atoms with Gasteiger partial charge in [0.25, 0.3) is 0 Å². The van der Waals surface area contributed by atoms with Crippen LogP contribution >= 0.6 is 39.3 Å². The van der Waals surface area contributed by atoms with E-state index in [1.165, 1.54) is 0 Å². The highest BCUT2D eigenvalue weighted by molar-refractivity contribution is 9.10. The number of nitrogens with one attached hydrogen (secondary N) is 1. The number of esters is 1. The number of ether oxygens (including phenoxy) is 2. The van der Waals surface area contributed by atoms with Gasteiger partial charge < -0.3 is 14.8 Å². The number of nitrogens with zero attached hydrogens (tertiary/aromatic N) is 3. The molecule has 10 heteroatoms. The number of fused-ring (bicyclic) bond motifs is 1. The molecule has 0 saturated carbocycles. The van der Waals surface area contributed by atoms with Crippen LogP contribution in [0.25, 0.3) is 0 Å². The molecule has 1 unspecified atom stereocenters. The van der Waals surface area contributed by atoms with Gasteiger partial charge in [-0.3, -0.25) is 0 Å². The second kappa shape index (κ2) is 12.2. The molecule has 1 aromatic heterocycles. The van der Waals surface area contributed by atoms with Crippen LogP contribution in [0.15, 0.2) is 63.4 Å². The highest BCUT2D eigenvalue weighted by Crippen LogP contribution is 2.41. The third-order valence-corrected chi connectivity index (χ3v) is 7.29. The molecular formula is C26H28BrClN4O3S. The second-order valence-electron chi connectivity index (χ2n) is 8.31. The zero-order chi connectivity index (χ0) is 25.7. The number of benzene rings is 2. The Bertz CT molecular complexity index is 1260. The predicted molar refractivity (Wildman–Crippen MR) is 147 cm³/mol. The maximum atomic E-state index is 13.3. The van der Waals surface area contributed by atoms with Gasteiger partial charge in [0.05, 0.1) is 12.2 Å². The quantitative estimate of drug-likeness (QED) is 0.201. The van der Waals surface area contributed by atoms with Crippen LogP contribution in [0, 0.1) is 0 Å². The van der Waals surface area contributed by atoms with Gasteiger partial charge in [-0.2, -0.15) is 4.98 Å². The van der Waals surface area contributed by atoms with Gasteiger partial charge in [0.15, 0.2) is 0 Å². The summed E-state index contributed by atoms with van der Waals surface area (Å²) < 4.78 is 14.5. The first-order chi connectivity index (χ1) is 17.4. The van der Waals surface area contributed by atoms with Crippen LogP contribution in [-0.2, 0) is 16.1 Å². The van der Waals surface area contributed by atoms with Crippen LogP contribution in [0.5, 0.6) is 5.75 Å². The normalized spacial score (nSPS) is 14.9. The summed E-state index contributed by atoms with van der Waals surface area (Å²) in [6.07, 6.45) is 1.74. The number of anilines is 1. The fourth-order valence-corrected chi connectivity index (χ4v) is 5.00. The van der Waals surface area contributed by atoms with Crippen molar-refractivity contribution in [1.82, 2.24) is 14.8 Å². The lowest BCUT2D eigenvalue weighted by atomic mass is 9.95. The van der Waals surface area contributed by atoms with Crippen molar-refractivity contribution in [3.8, 4) is 5.75 Å². The van der Waals surface area contributed by atoms with Crippen molar-refractivity contribution in [2.45, 2.75) is 51.4 Å². The van der Waals surface area contributed by atoms with Gasteiger partial charge in [0, 0.05) is 26.5 Å². The molecular weight excluding hydrogens is 564 g/mol. The Morgan fingerprint density at radius 1 is 1.19 bits per heavy atom. The van der Waals surface area contributed by atoms with Crippen molar-refractivity contribution in [1.29, 1.82) is 0 Å². The SMILES string of the molecule is CCCOC(=O)C1=C(C)Nc2nc(SCCC)nn2C1c1cc(Br)ccc1OCc1ccc(Cl)cc1. The van der Waals surface area contributed by atoms with Gasteiger partial charge >= 0.3 is 5.97 Å². The van der Waals surface area contributed by atoms with Gasteiger partial charge in [-0.05, 0) is 55.7 Å². The molecule has 1 N–H and O–H groups in total. The van der Waals surface area contributed by atoms with Crippen molar-refractivity contribution < 1.29 is 14.3 Å². The van der Waals surface area contributed by atoms with Crippen LogP contribution in [0.4, 0.5) is 5.95 Å². The molecule has 1 atom stereocenters. The molecule has 0 saturated heterocycles. The van der Waals surface area contributed by atoms with Crippen LogP contribution in [0.3, 0.4) is 0 Å². The minimum Gasteiger partial charge on any atom is -0.489 e. The molecule has 2 heterocycles. The topological polar surface area (TPSA) is 78.3 Å². The van der Waals surface area contributed by atoms with E-state index in [1.807, 2.05) is 56.3 Å². The number of hydrogen-bond acceptors (Lipinski definition) is 7. The Labute approximate surface area is 228 Å². The number of allylic oxidation sites excluding steroid dienone is 1. The smallest absolute Gasteiger partial charge is 0.338 e. The van der Waals surface area contributed by atoms with E-state index in [0.717, 1.165) is 34.2 Å². The molecule has 36 heavy (non-hydrogen) atoms. The van der Waals surface area contributed by atoms with E-state index >= 15 is 0 Å². The number of halogens is 2. The Balaban J connectivity index is 1.77. The van der Waals surface area contributed by atoms with E-state index < -0.39 is 6.04 Å². The lowest BCUT2D eigenvalue weighted by Crippen LogP contribution is -2.30. The van der Waals surface area contributed by atoms with E-state index in [-0.39, 0.29) is 5.97 Å². The Morgan fingerprint density at radius 3 is 2.69 bits per heavy atom. The molecule has 0 aliphatic carbocycles. The van der Waals surface area contributed by atoms with Crippen molar-refractivity contribution >= 4 is 51.2 Å². The monoisotopic (exact) mass is 590 g/mol. The number of thioether (sulfide) groups is 1. The molecule has 3 aromatic rings. The van der Waals surface area contributed by atoms with Crippen LogP contribution in [-0.4, -0.2) is 33.1 Å². The van der Waals surface area contributed by atoms with E-state index in [4.69, 9.17) is 26.2 Å². The lowest BCUT2D eigenvalue weighted by molar-refractivity contribution is -0.139. The first-order valence-electron chi connectivity index (χ1n) is 11.8. The van der Waals surface area contributed by atoms with E-state index in [9.17, 15) is 4.79 Å². The fourth-order valence-electron chi connectivity index (χ4n) is 3.82. The van der Waals surface area contributed by atoms with Crippen LogP contribution < -0.4 is 10.1 Å². The fraction of sp³-hybridized carbons (Fsp3) is 0.346. The number of hydrogen-bond donors (Lipinski definition) is 1. The molecule has 7 nitrogen and oxygen atoms in total. The van der Waals surface area contributed by atoms with Crippen molar-refractivity contribution in [3.63, 3.8) is 0 Å². The molecule has 1 aliphatic rings. The second-order valence-corrected chi connectivity index (χ2v) is 10.7. The largest absolute Gasteiger partial charge is 0.489 e. The van der Waals surface area contributed by atoms with Gasteiger partial charge in [0.1, 0.15) is 18.4 Å². The molecule has 0 spiro atoms. The van der Waals surface area contributed by atoms with Crippen molar-refractivity contribution in [2.75, 3.05) is 17.7 Å². The molecule has 190 valence electrons. The highest BCUT2D eigenvalue weighted by Gasteiger charge is 2.37. The highest BCUT2D eigenvalue weighted by atomic mass is 79.9. The zero-order valence-corrected chi connectivity index (χ0v) is 23.5. The van der Waals surface area contributed by atoms with E-state index in [1.54, 1.807) is 16.4 Å². The lowest BCUT2D eigenvalue weighted by Gasteiger charge is -2.29. The predicted octanol–water partition coefficient (Wildman–Crippen LogP) is 7.02. The molecule has 0 fully saturated rings. The van der Waals surface area contributed by atoms with Gasteiger partial charge in [0.2, 0.25) is 11.1 Å².